The molecular weight excluding hydrogens is 799 g/mol. The lowest BCUT2D eigenvalue weighted by atomic mass is 9.98. The molecule has 1 heterocycles. The van der Waals surface area contributed by atoms with Crippen molar-refractivity contribution in [2.75, 3.05) is 13.2 Å². The molecule has 9 unspecified atom stereocenters. The number of allylic oxidation sites excluding steroid dienone is 4. The number of aliphatic hydroxyl groups is 7. The van der Waals surface area contributed by atoms with Gasteiger partial charge in [0.05, 0.1) is 25.4 Å². The number of hydrogen-bond acceptors (Lipinski definition) is 10. The van der Waals surface area contributed by atoms with E-state index in [-0.39, 0.29) is 12.8 Å². The number of amides is 1. The Labute approximate surface area is 384 Å². The first kappa shape index (κ1) is 59.6. The van der Waals surface area contributed by atoms with Crippen LogP contribution in [-0.2, 0) is 14.3 Å². The number of ether oxygens (including phenoxy) is 2. The van der Waals surface area contributed by atoms with Gasteiger partial charge in [-0.3, -0.25) is 4.79 Å². The minimum atomic E-state index is -1.67. The zero-order valence-corrected chi connectivity index (χ0v) is 40.3. The highest BCUT2D eigenvalue weighted by atomic mass is 16.7. The summed E-state index contributed by atoms with van der Waals surface area (Å²) in [6.07, 6.45) is 36.6. The number of hydrogen-bond donors (Lipinski definition) is 8. The molecule has 11 nitrogen and oxygen atoms in total. The van der Waals surface area contributed by atoms with Crippen molar-refractivity contribution in [3.8, 4) is 0 Å². The van der Waals surface area contributed by atoms with Gasteiger partial charge in [-0.05, 0) is 64.2 Å². The number of rotatable bonds is 44. The monoisotopic (exact) mass is 898 g/mol. The van der Waals surface area contributed by atoms with Crippen LogP contribution in [0, 0.1) is 0 Å². The summed E-state index contributed by atoms with van der Waals surface area (Å²) in [6, 6.07) is -1.19. The molecule has 372 valence electrons. The van der Waals surface area contributed by atoms with Crippen LogP contribution < -0.4 is 5.32 Å². The Hall–Kier alpha value is -1.41. The van der Waals surface area contributed by atoms with Gasteiger partial charge in [0.2, 0.25) is 5.91 Å². The van der Waals surface area contributed by atoms with Crippen molar-refractivity contribution in [3.63, 3.8) is 0 Å². The average molecular weight is 898 g/mol. The molecule has 1 rings (SSSR count). The van der Waals surface area contributed by atoms with Gasteiger partial charge in [-0.2, -0.15) is 0 Å². The van der Waals surface area contributed by atoms with Gasteiger partial charge in [-0.15, -0.1) is 0 Å². The second-order valence-corrected chi connectivity index (χ2v) is 18.6. The van der Waals surface area contributed by atoms with Gasteiger partial charge < -0.3 is 50.5 Å². The molecule has 1 saturated heterocycles. The van der Waals surface area contributed by atoms with E-state index < -0.39 is 74.2 Å². The molecule has 1 aliphatic heterocycles. The van der Waals surface area contributed by atoms with E-state index in [0.717, 1.165) is 51.4 Å². The van der Waals surface area contributed by atoms with Crippen molar-refractivity contribution in [2.24, 2.45) is 0 Å². The molecule has 0 spiro atoms. The maximum Gasteiger partial charge on any atom is 0.249 e. The van der Waals surface area contributed by atoms with Crippen LogP contribution in [0.5, 0.6) is 0 Å². The summed E-state index contributed by atoms with van der Waals surface area (Å²) in [5, 5.41) is 75.8. The molecule has 9 atom stereocenters. The Morgan fingerprint density at radius 3 is 1.37 bits per heavy atom. The standard InChI is InChI=1S/C52H99NO10/c1-3-5-7-9-11-13-15-17-19-20-21-22-23-24-26-27-29-31-33-35-37-39-44(55)47(57)43(42-62-52-50(60)49(59)48(58)46(41-54)63-52)53-51(61)45(56)40-38-36-34-32-30-28-25-18-16-14-12-10-8-6-4-2/h25,28,31,33,43-50,52,54-60H,3-24,26-27,29-30,32,34-42H2,1-2H3,(H,53,61)/b28-25-,33-31+. The Kier molecular flexibility index (Phi) is 39.7. The van der Waals surface area contributed by atoms with Crippen molar-refractivity contribution in [1.29, 1.82) is 0 Å². The summed E-state index contributed by atoms with van der Waals surface area (Å²) in [7, 11) is 0. The predicted molar refractivity (Wildman–Crippen MR) is 256 cm³/mol. The van der Waals surface area contributed by atoms with Gasteiger partial charge >= 0.3 is 0 Å². The van der Waals surface area contributed by atoms with E-state index in [4.69, 9.17) is 9.47 Å². The number of carbonyl (C=O) groups is 1. The summed E-state index contributed by atoms with van der Waals surface area (Å²) in [5.41, 5.74) is 0. The normalized spacial score (nSPS) is 21.3. The zero-order chi connectivity index (χ0) is 46.2. The van der Waals surface area contributed by atoms with Crippen molar-refractivity contribution in [3.05, 3.63) is 24.3 Å². The van der Waals surface area contributed by atoms with Crippen LogP contribution in [0.25, 0.3) is 0 Å². The number of unbranched alkanes of at least 4 members (excludes halogenated alkanes) is 28. The van der Waals surface area contributed by atoms with Crippen molar-refractivity contribution < 1.29 is 50.0 Å². The molecule has 8 N–H and O–H groups in total. The Morgan fingerprint density at radius 1 is 0.540 bits per heavy atom. The topological polar surface area (TPSA) is 189 Å². The second-order valence-electron chi connectivity index (χ2n) is 18.6. The average Bonchev–Trinajstić information content (AvgIpc) is 3.28. The zero-order valence-electron chi connectivity index (χ0n) is 40.3. The molecule has 1 aliphatic rings. The van der Waals surface area contributed by atoms with Gasteiger partial charge in [0.25, 0.3) is 0 Å². The van der Waals surface area contributed by atoms with Gasteiger partial charge in [-0.1, -0.05) is 192 Å². The molecule has 0 bridgehead atoms. The molecule has 11 heteroatoms. The first-order valence-electron chi connectivity index (χ1n) is 26.2. The SMILES string of the molecule is CCCCCCCCC/C=C\CCCCCCC(O)C(=O)NC(COC1OC(CO)C(O)C(O)C1O)C(O)C(O)CCC/C=C/CCCCCCCCCCCCCCCCCC. The quantitative estimate of drug-likeness (QED) is 0.0216. The maximum absolute atomic E-state index is 13.1. The lowest BCUT2D eigenvalue weighted by molar-refractivity contribution is -0.303. The van der Waals surface area contributed by atoms with Crippen molar-refractivity contribution >= 4 is 5.91 Å². The molecule has 0 aromatic rings. The smallest absolute Gasteiger partial charge is 0.249 e. The summed E-state index contributed by atoms with van der Waals surface area (Å²) in [4.78, 5) is 13.1. The van der Waals surface area contributed by atoms with E-state index in [1.807, 2.05) is 0 Å². The summed E-state index contributed by atoms with van der Waals surface area (Å²) in [6.45, 7) is 3.44. The fraction of sp³-hybridized carbons (Fsp3) is 0.904. The van der Waals surface area contributed by atoms with E-state index in [9.17, 15) is 40.5 Å². The highest BCUT2D eigenvalue weighted by molar-refractivity contribution is 5.80. The van der Waals surface area contributed by atoms with Gasteiger partial charge in [0.15, 0.2) is 6.29 Å². The lowest BCUT2D eigenvalue weighted by Crippen LogP contribution is -2.60. The van der Waals surface area contributed by atoms with Crippen molar-refractivity contribution in [2.45, 2.75) is 287 Å². The highest BCUT2D eigenvalue weighted by Crippen LogP contribution is 2.23. The van der Waals surface area contributed by atoms with Gasteiger partial charge in [0.1, 0.15) is 36.6 Å². The molecule has 0 saturated carbocycles. The Morgan fingerprint density at radius 2 is 0.937 bits per heavy atom. The second kappa shape index (κ2) is 42.0. The van der Waals surface area contributed by atoms with Crippen LogP contribution in [0.1, 0.15) is 232 Å². The molecular formula is C52H99NO10. The largest absolute Gasteiger partial charge is 0.394 e. The van der Waals surface area contributed by atoms with Crippen molar-refractivity contribution in [1.82, 2.24) is 5.32 Å². The molecule has 0 radical (unpaired) electrons. The van der Waals surface area contributed by atoms with E-state index in [0.29, 0.717) is 12.8 Å². The minimum Gasteiger partial charge on any atom is -0.394 e. The lowest BCUT2D eigenvalue weighted by Gasteiger charge is -2.40. The van der Waals surface area contributed by atoms with E-state index >= 15 is 0 Å². The number of nitrogens with one attached hydrogen (secondary N) is 1. The van der Waals surface area contributed by atoms with Crippen LogP contribution >= 0.6 is 0 Å². The molecule has 63 heavy (non-hydrogen) atoms. The van der Waals surface area contributed by atoms with E-state index in [2.05, 4.69) is 43.5 Å². The van der Waals surface area contributed by atoms with E-state index in [1.54, 1.807) is 0 Å². The third-order valence-corrected chi connectivity index (χ3v) is 12.7. The van der Waals surface area contributed by atoms with Crippen LogP contribution in [0.2, 0.25) is 0 Å². The summed E-state index contributed by atoms with van der Waals surface area (Å²) < 4.78 is 11.1. The van der Waals surface area contributed by atoms with Gasteiger partial charge in [0, 0.05) is 0 Å². The maximum atomic E-state index is 13.1. The number of aliphatic hydroxyl groups excluding tert-OH is 7. The molecule has 1 amide bonds. The molecule has 0 aromatic carbocycles. The fourth-order valence-electron chi connectivity index (χ4n) is 8.38. The Bertz CT molecular complexity index is 1080. The number of carbonyl (C=O) groups excluding carboxylic acids is 1. The first-order chi connectivity index (χ1) is 30.7. The van der Waals surface area contributed by atoms with Crippen LogP contribution in [0.15, 0.2) is 24.3 Å². The highest BCUT2D eigenvalue weighted by Gasteiger charge is 2.44. The summed E-state index contributed by atoms with van der Waals surface area (Å²) in [5.74, 6) is -0.714. The third-order valence-electron chi connectivity index (χ3n) is 12.7. The first-order valence-corrected chi connectivity index (χ1v) is 26.2. The summed E-state index contributed by atoms with van der Waals surface area (Å²) >= 11 is 0. The third kappa shape index (κ3) is 31.2. The predicted octanol–water partition coefficient (Wildman–Crippen LogP) is 9.79. The van der Waals surface area contributed by atoms with Crippen LogP contribution in [-0.4, -0.2) is 110 Å². The van der Waals surface area contributed by atoms with E-state index in [1.165, 1.54) is 141 Å². The van der Waals surface area contributed by atoms with Gasteiger partial charge in [-0.25, -0.2) is 0 Å². The minimum absolute atomic E-state index is 0.241. The van der Waals surface area contributed by atoms with Crippen LogP contribution in [0.3, 0.4) is 0 Å². The van der Waals surface area contributed by atoms with Crippen LogP contribution in [0.4, 0.5) is 0 Å². The molecule has 1 fully saturated rings. The Balaban J connectivity index is 2.40. The molecule has 0 aromatic heterocycles. The molecule has 0 aliphatic carbocycles. The fourth-order valence-corrected chi connectivity index (χ4v) is 8.38.